The Kier molecular flexibility index (Phi) is 5.63. The van der Waals surface area contributed by atoms with Crippen LogP contribution in [0.3, 0.4) is 0 Å². The lowest BCUT2D eigenvalue weighted by Gasteiger charge is -2.22. The molecular weight excluding hydrogens is 230 g/mol. The molecule has 0 aromatic heterocycles. The fourth-order valence-electron chi connectivity index (χ4n) is 2.21. The van der Waals surface area contributed by atoms with Gasteiger partial charge in [-0.15, -0.1) is 0 Å². The number of amides is 2. The number of likely N-dealkylation sites (tertiary alicyclic amines) is 1. The largest absolute Gasteiger partial charge is 0.343 e. The SMILES string of the molecule is CCN(CC)C(=O)C(C#N)CC(=O)N1CCCC1. The molecule has 0 bridgehead atoms. The molecule has 1 aliphatic heterocycles. The van der Waals surface area contributed by atoms with Crippen molar-refractivity contribution in [3.63, 3.8) is 0 Å². The van der Waals surface area contributed by atoms with E-state index in [4.69, 9.17) is 5.26 Å². The molecule has 2 amide bonds. The number of nitrogens with zero attached hydrogens (tertiary/aromatic N) is 3. The summed E-state index contributed by atoms with van der Waals surface area (Å²) in [4.78, 5) is 27.3. The number of rotatable bonds is 5. The summed E-state index contributed by atoms with van der Waals surface area (Å²) in [5.74, 6) is -1.13. The molecule has 1 unspecified atom stereocenters. The van der Waals surface area contributed by atoms with Crippen LogP contribution in [0, 0.1) is 17.2 Å². The Bertz CT molecular complexity index is 339. The molecule has 1 saturated heterocycles. The fraction of sp³-hybridized carbons (Fsp3) is 0.769. The molecule has 18 heavy (non-hydrogen) atoms. The number of nitriles is 1. The van der Waals surface area contributed by atoms with Gasteiger partial charge in [-0.3, -0.25) is 9.59 Å². The van der Waals surface area contributed by atoms with Crippen molar-refractivity contribution in [1.29, 1.82) is 5.26 Å². The molecule has 1 aliphatic rings. The summed E-state index contributed by atoms with van der Waals surface area (Å²) in [6.45, 7) is 6.42. The lowest BCUT2D eigenvalue weighted by molar-refractivity contribution is -0.138. The van der Waals surface area contributed by atoms with E-state index in [1.54, 1.807) is 9.80 Å². The highest BCUT2D eigenvalue weighted by atomic mass is 16.2. The summed E-state index contributed by atoms with van der Waals surface area (Å²) < 4.78 is 0. The molecule has 1 rings (SSSR count). The van der Waals surface area contributed by atoms with Crippen LogP contribution in [0.4, 0.5) is 0 Å². The molecule has 0 aromatic carbocycles. The van der Waals surface area contributed by atoms with Crippen LogP contribution in [0.25, 0.3) is 0 Å². The zero-order valence-corrected chi connectivity index (χ0v) is 11.2. The van der Waals surface area contributed by atoms with Gasteiger partial charge >= 0.3 is 0 Å². The van der Waals surface area contributed by atoms with E-state index in [1.807, 2.05) is 19.9 Å². The van der Waals surface area contributed by atoms with Gasteiger partial charge in [0.1, 0.15) is 5.92 Å². The minimum atomic E-state index is -0.835. The van der Waals surface area contributed by atoms with Crippen molar-refractivity contribution in [1.82, 2.24) is 9.80 Å². The number of hydrogen-bond donors (Lipinski definition) is 0. The molecule has 0 saturated carbocycles. The third kappa shape index (κ3) is 3.46. The summed E-state index contributed by atoms with van der Waals surface area (Å²) in [5, 5.41) is 9.06. The highest BCUT2D eigenvalue weighted by Crippen LogP contribution is 2.14. The van der Waals surface area contributed by atoms with Crippen molar-refractivity contribution in [2.75, 3.05) is 26.2 Å². The van der Waals surface area contributed by atoms with E-state index < -0.39 is 5.92 Å². The second kappa shape index (κ2) is 7.00. The van der Waals surface area contributed by atoms with Crippen LogP contribution >= 0.6 is 0 Å². The van der Waals surface area contributed by atoms with Gasteiger partial charge in [-0.25, -0.2) is 0 Å². The number of carbonyl (C=O) groups is 2. The van der Waals surface area contributed by atoms with E-state index in [0.717, 1.165) is 25.9 Å². The summed E-state index contributed by atoms with van der Waals surface area (Å²) in [6.07, 6.45) is 2.06. The molecule has 0 radical (unpaired) electrons. The molecule has 1 atom stereocenters. The number of hydrogen-bond acceptors (Lipinski definition) is 3. The monoisotopic (exact) mass is 251 g/mol. The van der Waals surface area contributed by atoms with E-state index in [2.05, 4.69) is 0 Å². The van der Waals surface area contributed by atoms with Gasteiger partial charge in [-0.1, -0.05) is 0 Å². The Balaban J connectivity index is 2.58. The minimum Gasteiger partial charge on any atom is -0.343 e. The lowest BCUT2D eigenvalue weighted by Crippen LogP contribution is -2.38. The molecule has 0 aliphatic carbocycles. The van der Waals surface area contributed by atoms with Crippen molar-refractivity contribution < 1.29 is 9.59 Å². The van der Waals surface area contributed by atoms with Crippen molar-refractivity contribution in [3.05, 3.63) is 0 Å². The van der Waals surface area contributed by atoms with Crippen molar-refractivity contribution in [3.8, 4) is 6.07 Å². The third-order valence-electron chi connectivity index (χ3n) is 3.37. The lowest BCUT2D eigenvalue weighted by atomic mass is 10.0. The van der Waals surface area contributed by atoms with Gasteiger partial charge < -0.3 is 9.80 Å². The molecule has 0 spiro atoms. The predicted molar refractivity (Wildman–Crippen MR) is 67.5 cm³/mol. The standard InChI is InChI=1S/C13H21N3O2/c1-3-15(4-2)13(18)11(10-14)9-12(17)16-7-5-6-8-16/h11H,3-9H2,1-2H3. The first-order valence-electron chi connectivity index (χ1n) is 6.60. The Labute approximate surface area is 108 Å². The van der Waals surface area contributed by atoms with Crippen LogP contribution < -0.4 is 0 Å². The first-order valence-corrected chi connectivity index (χ1v) is 6.60. The van der Waals surface area contributed by atoms with Crippen LogP contribution in [0.2, 0.25) is 0 Å². The van der Waals surface area contributed by atoms with Crippen LogP contribution in [0.15, 0.2) is 0 Å². The molecule has 5 heteroatoms. The first kappa shape index (κ1) is 14.5. The maximum absolute atomic E-state index is 12.0. The second-order valence-electron chi connectivity index (χ2n) is 4.48. The van der Waals surface area contributed by atoms with Crippen LogP contribution in [-0.2, 0) is 9.59 Å². The smallest absolute Gasteiger partial charge is 0.240 e. The Morgan fingerprint density at radius 1 is 1.28 bits per heavy atom. The molecule has 0 aromatic rings. The van der Waals surface area contributed by atoms with Crippen molar-refractivity contribution in [2.24, 2.45) is 5.92 Å². The highest BCUT2D eigenvalue weighted by Gasteiger charge is 2.28. The highest BCUT2D eigenvalue weighted by molar-refractivity contribution is 5.87. The van der Waals surface area contributed by atoms with E-state index >= 15 is 0 Å². The number of carbonyl (C=O) groups excluding carboxylic acids is 2. The minimum absolute atomic E-state index is 0.0197. The predicted octanol–water partition coefficient (Wildman–Crippen LogP) is 1.01. The first-order chi connectivity index (χ1) is 8.63. The summed E-state index contributed by atoms with van der Waals surface area (Å²) in [5.41, 5.74) is 0. The third-order valence-corrected chi connectivity index (χ3v) is 3.37. The molecule has 0 N–H and O–H groups in total. The Hall–Kier alpha value is -1.57. The van der Waals surface area contributed by atoms with Gasteiger partial charge in [0.05, 0.1) is 12.5 Å². The van der Waals surface area contributed by atoms with Crippen LogP contribution in [0.5, 0.6) is 0 Å². The molecule has 100 valence electrons. The maximum atomic E-state index is 12.0. The Morgan fingerprint density at radius 2 is 1.83 bits per heavy atom. The van der Waals surface area contributed by atoms with Crippen molar-refractivity contribution in [2.45, 2.75) is 33.1 Å². The zero-order valence-electron chi connectivity index (χ0n) is 11.2. The van der Waals surface area contributed by atoms with E-state index in [9.17, 15) is 9.59 Å². The quantitative estimate of drug-likeness (QED) is 0.732. The van der Waals surface area contributed by atoms with Crippen molar-refractivity contribution >= 4 is 11.8 Å². The average Bonchev–Trinajstić information content (AvgIpc) is 2.90. The van der Waals surface area contributed by atoms with Gasteiger partial charge in [0, 0.05) is 26.2 Å². The van der Waals surface area contributed by atoms with E-state index in [0.29, 0.717) is 13.1 Å². The molecule has 1 heterocycles. The van der Waals surface area contributed by atoms with Gasteiger partial charge in [0.2, 0.25) is 11.8 Å². The average molecular weight is 251 g/mol. The fourth-order valence-corrected chi connectivity index (χ4v) is 2.21. The van der Waals surface area contributed by atoms with Gasteiger partial charge in [-0.05, 0) is 26.7 Å². The van der Waals surface area contributed by atoms with E-state index in [-0.39, 0.29) is 18.2 Å². The molecule has 5 nitrogen and oxygen atoms in total. The van der Waals surface area contributed by atoms with E-state index in [1.165, 1.54) is 0 Å². The van der Waals surface area contributed by atoms with Crippen LogP contribution in [-0.4, -0.2) is 47.8 Å². The van der Waals surface area contributed by atoms with Gasteiger partial charge in [-0.2, -0.15) is 5.26 Å². The maximum Gasteiger partial charge on any atom is 0.240 e. The van der Waals surface area contributed by atoms with Gasteiger partial charge in [0.15, 0.2) is 0 Å². The summed E-state index contributed by atoms with van der Waals surface area (Å²) >= 11 is 0. The summed E-state index contributed by atoms with van der Waals surface area (Å²) in [6, 6.07) is 1.97. The van der Waals surface area contributed by atoms with Gasteiger partial charge in [0.25, 0.3) is 0 Å². The zero-order chi connectivity index (χ0) is 13.5. The molecule has 1 fully saturated rings. The summed E-state index contributed by atoms with van der Waals surface area (Å²) in [7, 11) is 0. The topological polar surface area (TPSA) is 64.4 Å². The normalized spacial score (nSPS) is 16.2. The van der Waals surface area contributed by atoms with Crippen LogP contribution in [0.1, 0.15) is 33.1 Å². The second-order valence-corrected chi connectivity index (χ2v) is 4.48. The Morgan fingerprint density at radius 3 is 2.28 bits per heavy atom. The molecular formula is C13H21N3O2.